The van der Waals surface area contributed by atoms with Crippen molar-refractivity contribution in [3.05, 3.63) is 12.7 Å². The highest BCUT2D eigenvalue weighted by molar-refractivity contribution is 5.84. The monoisotopic (exact) mass is 136 g/mol. The summed E-state index contributed by atoms with van der Waals surface area (Å²) >= 11 is 0. The summed E-state index contributed by atoms with van der Waals surface area (Å²) in [5.41, 5.74) is 0. The first-order chi connectivity index (χ1) is 4.81. The number of carbonyl (C=O) groups is 1. The number of allylic oxidation sites excluding steroid dienone is 1. The zero-order valence-electron chi connectivity index (χ0n) is 6.05. The summed E-state index contributed by atoms with van der Waals surface area (Å²) < 4.78 is 0. The van der Waals surface area contributed by atoms with Gasteiger partial charge in [-0.1, -0.05) is 6.08 Å². The van der Waals surface area contributed by atoms with Crippen LogP contribution in [0.15, 0.2) is 12.7 Å². The van der Waals surface area contributed by atoms with E-state index in [-0.39, 0.29) is 0 Å². The van der Waals surface area contributed by atoms with Gasteiger partial charge in [-0.3, -0.25) is 4.79 Å². The first-order valence-corrected chi connectivity index (χ1v) is 3.96. The predicted molar refractivity (Wildman–Crippen MR) is 39.5 cm³/mol. The van der Waals surface area contributed by atoms with Gasteiger partial charge in [-0.05, 0) is 24.7 Å². The first-order valence-electron chi connectivity index (χ1n) is 3.96. The van der Waals surface area contributed by atoms with Crippen LogP contribution in [-0.2, 0) is 4.79 Å². The van der Waals surface area contributed by atoms with Gasteiger partial charge in [-0.25, -0.2) is 0 Å². The standard InChI is InChI=1S/C9H12O/c1-2-6-3-8-4-7(6)5-9(8)10/h2,6-8H,1,3-5H2. The normalized spacial score (nSPS) is 44.4. The quantitative estimate of drug-likeness (QED) is 0.502. The smallest absolute Gasteiger partial charge is 0.136 e. The Hall–Kier alpha value is -0.590. The summed E-state index contributed by atoms with van der Waals surface area (Å²) in [5, 5.41) is 0. The SMILES string of the molecule is C=CC1CC2CC1CC2=O. The van der Waals surface area contributed by atoms with Crippen LogP contribution in [0.4, 0.5) is 0 Å². The second-order valence-corrected chi connectivity index (χ2v) is 3.50. The zero-order valence-corrected chi connectivity index (χ0v) is 6.05. The minimum Gasteiger partial charge on any atom is -0.299 e. The second-order valence-electron chi connectivity index (χ2n) is 3.50. The molecule has 0 heterocycles. The first kappa shape index (κ1) is 6.14. The summed E-state index contributed by atoms with van der Waals surface area (Å²) in [7, 11) is 0. The van der Waals surface area contributed by atoms with Crippen LogP contribution in [0, 0.1) is 17.8 Å². The van der Waals surface area contributed by atoms with Crippen molar-refractivity contribution in [1.29, 1.82) is 0 Å². The molecule has 1 heteroatoms. The molecule has 1 nitrogen and oxygen atoms in total. The maximum atomic E-state index is 11.1. The molecule has 0 radical (unpaired) electrons. The molecular weight excluding hydrogens is 124 g/mol. The van der Waals surface area contributed by atoms with Gasteiger partial charge in [0, 0.05) is 12.3 Å². The highest BCUT2D eigenvalue weighted by atomic mass is 16.1. The van der Waals surface area contributed by atoms with Crippen LogP contribution in [0.5, 0.6) is 0 Å². The molecule has 0 spiro atoms. The lowest BCUT2D eigenvalue weighted by Crippen LogP contribution is -2.15. The van der Waals surface area contributed by atoms with E-state index in [4.69, 9.17) is 0 Å². The molecule has 0 amide bonds. The average molecular weight is 136 g/mol. The van der Waals surface area contributed by atoms with E-state index in [1.807, 2.05) is 6.08 Å². The van der Waals surface area contributed by atoms with Crippen molar-refractivity contribution in [2.45, 2.75) is 19.3 Å². The third-order valence-electron chi connectivity index (χ3n) is 2.97. The minimum absolute atomic E-state index is 0.410. The maximum Gasteiger partial charge on any atom is 0.136 e. The van der Waals surface area contributed by atoms with Gasteiger partial charge < -0.3 is 0 Å². The lowest BCUT2D eigenvalue weighted by atomic mass is 9.88. The van der Waals surface area contributed by atoms with Gasteiger partial charge >= 0.3 is 0 Å². The third kappa shape index (κ3) is 0.664. The van der Waals surface area contributed by atoms with E-state index in [1.54, 1.807) is 0 Å². The number of hydrogen-bond donors (Lipinski definition) is 0. The fourth-order valence-electron chi connectivity index (χ4n) is 2.37. The van der Waals surface area contributed by atoms with Crippen LogP contribution < -0.4 is 0 Å². The van der Waals surface area contributed by atoms with E-state index < -0.39 is 0 Å². The van der Waals surface area contributed by atoms with E-state index in [1.165, 1.54) is 0 Å². The molecule has 54 valence electrons. The fourth-order valence-corrected chi connectivity index (χ4v) is 2.37. The summed E-state index contributed by atoms with van der Waals surface area (Å²) in [6, 6.07) is 0. The molecule has 3 atom stereocenters. The molecule has 0 aromatic carbocycles. The number of Topliss-reactive ketones (excluding diaryl/α,β-unsaturated/α-hetero) is 1. The molecule has 2 aliphatic rings. The van der Waals surface area contributed by atoms with E-state index in [0.717, 1.165) is 19.3 Å². The second kappa shape index (κ2) is 1.94. The lowest BCUT2D eigenvalue weighted by Gasteiger charge is -2.15. The van der Waals surface area contributed by atoms with Crippen molar-refractivity contribution in [2.24, 2.45) is 17.8 Å². The van der Waals surface area contributed by atoms with Gasteiger partial charge in [0.25, 0.3) is 0 Å². The molecule has 0 aromatic heterocycles. The Bertz CT molecular complexity index is 183. The number of carbonyl (C=O) groups excluding carboxylic acids is 1. The molecule has 2 aliphatic carbocycles. The molecule has 2 saturated carbocycles. The molecule has 0 N–H and O–H groups in total. The van der Waals surface area contributed by atoms with Gasteiger partial charge in [0.2, 0.25) is 0 Å². The molecule has 3 unspecified atom stereocenters. The van der Waals surface area contributed by atoms with Crippen molar-refractivity contribution in [2.75, 3.05) is 0 Å². The molecule has 10 heavy (non-hydrogen) atoms. The summed E-state index contributed by atoms with van der Waals surface area (Å²) in [6.45, 7) is 3.78. The highest BCUT2D eigenvalue weighted by Gasteiger charge is 2.43. The molecule has 2 bridgehead atoms. The van der Waals surface area contributed by atoms with Gasteiger partial charge in [0.15, 0.2) is 0 Å². The summed E-state index contributed by atoms with van der Waals surface area (Å²) in [6.07, 6.45) is 5.10. The Labute approximate surface area is 61.1 Å². The molecule has 0 saturated heterocycles. The van der Waals surface area contributed by atoms with Gasteiger partial charge in [-0.15, -0.1) is 6.58 Å². The molecule has 2 rings (SSSR count). The van der Waals surface area contributed by atoms with E-state index in [0.29, 0.717) is 23.5 Å². The number of fused-ring (bicyclic) bond motifs is 2. The maximum absolute atomic E-state index is 11.1. The number of hydrogen-bond acceptors (Lipinski definition) is 1. The van der Waals surface area contributed by atoms with Crippen molar-refractivity contribution in [3.63, 3.8) is 0 Å². The Morgan fingerprint density at radius 2 is 2.30 bits per heavy atom. The molecule has 0 aromatic rings. The van der Waals surface area contributed by atoms with Crippen LogP contribution in [0.1, 0.15) is 19.3 Å². The Kier molecular flexibility index (Phi) is 1.19. The van der Waals surface area contributed by atoms with Crippen molar-refractivity contribution in [1.82, 2.24) is 0 Å². The number of rotatable bonds is 1. The summed E-state index contributed by atoms with van der Waals surface area (Å²) in [5.74, 6) is 2.23. The van der Waals surface area contributed by atoms with Crippen molar-refractivity contribution >= 4 is 5.78 Å². The van der Waals surface area contributed by atoms with Crippen LogP contribution in [0.3, 0.4) is 0 Å². The largest absolute Gasteiger partial charge is 0.299 e. The van der Waals surface area contributed by atoms with Crippen LogP contribution in [0.25, 0.3) is 0 Å². The van der Waals surface area contributed by atoms with Crippen molar-refractivity contribution < 1.29 is 4.79 Å². The topological polar surface area (TPSA) is 17.1 Å². The Morgan fingerprint density at radius 3 is 2.70 bits per heavy atom. The average Bonchev–Trinajstić information content (AvgIpc) is 2.44. The van der Waals surface area contributed by atoms with Crippen LogP contribution in [0.2, 0.25) is 0 Å². The van der Waals surface area contributed by atoms with Crippen LogP contribution >= 0.6 is 0 Å². The molecule has 0 aliphatic heterocycles. The Balaban J connectivity index is 2.15. The highest BCUT2D eigenvalue weighted by Crippen LogP contribution is 2.46. The lowest BCUT2D eigenvalue weighted by molar-refractivity contribution is -0.122. The summed E-state index contributed by atoms with van der Waals surface area (Å²) in [4.78, 5) is 11.1. The zero-order chi connectivity index (χ0) is 7.14. The van der Waals surface area contributed by atoms with E-state index in [9.17, 15) is 4.79 Å². The third-order valence-corrected chi connectivity index (χ3v) is 2.97. The van der Waals surface area contributed by atoms with Gasteiger partial charge in [0.1, 0.15) is 5.78 Å². The van der Waals surface area contributed by atoms with Gasteiger partial charge in [0.05, 0.1) is 0 Å². The predicted octanol–water partition coefficient (Wildman–Crippen LogP) is 1.79. The number of ketones is 1. The molecular formula is C9H12O. The van der Waals surface area contributed by atoms with E-state index >= 15 is 0 Å². The van der Waals surface area contributed by atoms with Gasteiger partial charge in [-0.2, -0.15) is 0 Å². The minimum atomic E-state index is 0.410. The van der Waals surface area contributed by atoms with Crippen molar-refractivity contribution in [3.8, 4) is 0 Å². The Morgan fingerprint density at radius 1 is 1.50 bits per heavy atom. The fraction of sp³-hybridized carbons (Fsp3) is 0.667. The van der Waals surface area contributed by atoms with E-state index in [2.05, 4.69) is 6.58 Å². The van der Waals surface area contributed by atoms with Crippen LogP contribution in [-0.4, -0.2) is 5.78 Å². The molecule has 2 fully saturated rings.